The first kappa shape index (κ1) is 25.3. The maximum Gasteiger partial charge on any atom is 0.252 e. The summed E-state index contributed by atoms with van der Waals surface area (Å²) in [6.45, 7) is 9.17. The van der Waals surface area contributed by atoms with Gasteiger partial charge in [0.25, 0.3) is 5.56 Å². The summed E-state index contributed by atoms with van der Waals surface area (Å²) < 4.78 is 7.57. The topological polar surface area (TPSA) is 74.4 Å². The highest BCUT2D eigenvalue weighted by atomic mass is 16.5. The van der Waals surface area contributed by atoms with Crippen LogP contribution >= 0.6 is 0 Å². The maximum absolute atomic E-state index is 12.8. The second-order valence-corrected chi connectivity index (χ2v) is 10.7. The molecule has 194 valence electrons. The molecule has 0 radical (unpaired) electrons. The lowest BCUT2D eigenvalue weighted by molar-refractivity contribution is 0.107. The van der Waals surface area contributed by atoms with Gasteiger partial charge in [0.1, 0.15) is 23.0 Å². The minimum absolute atomic E-state index is 0.0674. The van der Waals surface area contributed by atoms with E-state index in [9.17, 15) is 10.1 Å². The van der Waals surface area contributed by atoms with Crippen molar-refractivity contribution in [2.24, 2.45) is 13.0 Å². The van der Waals surface area contributed by atoms with Crippen LogP contribution in [0, 0.1) is 17.2 Å². The Kier molecular flexibility index (Phi) is 7.21. The van der Waals surface area contributed by atoms with E-state index in [0.717, 1.165) is 55.4 Å². The highest BCUT2D eigenvalue weighted by Crippen LogP contribution is 2.35. The van der Waals surface area contributed by atoms with Crippen LogP contribution in [0.1, 0.15) is 63.8 Å². The quantitative estimate of drug-likeness (QED) is 0.433. The van der Waals surface area contributed by atoms with Gasteiger partial charge in [0.05, 0.1) is 17.8 Å². The lowest BCUT2D eigenvalue weighted by Crippen LogP contribution is -2.57. The standard InChI is InChI=1S/C30H37N5O2/c1-5-26(23-8-11-25(12-9-23)37-15-14-22-6-7-22)34-18-21(3)35(19-20(34)2)28-16-29(36)33(4)27-13-10-24(17-31)32-30(27)28/h8-13,16,20-22,26H,5-7,14-15,18-19H2,1-4H3/t20-,21+,26?/m1/s1. The number of aromatic nitrogens is 2. The van der Waals surface area contributed by atoms with E-state index in [-0.39, 0.29) is 17.6 Å². The van der Waals surface area contributed by atoms with Crippen LogP contribution in [0.15, 0.2) is 47.3 Å². The van der Waals surface area contributed by atoms with Gasteiger partial charge in [-0.25, -0.2) is 4.98 Å². The van der Waals surface area contributed by atoms with Crippen molar-refractivity contribution in [3.05, 3.63) is 64.1 Å². The fourth-order valence-electron chi connectivity index (χ4n) is 5.71. The Hall–Kier alpha value is -3.37. The third kappa shape index (κ3) is 5.21. The van der Waals surface area contributed by atoms with Crippen molar-refractivity contribution in [3.63, 3.8) is 0 Å². The van der Waals surface area contributed by atoms with Gasteiger partial charge in [0.2, 0.25) is 0 Å². The molecule has 1 aliphatic carbocycles. The molecule has 3 aromatic rings. The van der Waals surface area contributed by atoms with Gasteiger partial charge < -0.3 is 14.2 Å². The predicted molar refractivity (Wildman–Crippen MR) is 147 cm³/mol. The van der Waals surface area contributed by atoms with Crippen molar-refractivity contribution in [2.75, 3.05) is 24.6 Å². The Morgan fingerprint density at radius 2 is 1.86 bits per heavy atom. The first-order valence-electron chi connectivity index (χ1n) is 13.6. The molecule has 1 saturated carbocycles. The van der Waals surface area contributed by atoms with E-state index in [2.05, 4.69) is 65.9 Å². The number of aryl methyl sites for hydroxylation is 1. The van der Waals surface area contributed by atoms with Crippen LogP contribution in [0.4, 0.5) is 5.69 Å². The number of nitriles is 1. The van der Waals surface area contributed by atoms with Gasteiger partial charge in [-0.3, -0.25) is 9.69 Å². The molecule has 5 rings (SSSR count). The molecule has 1 saturated heterocycles. The van der Waals surface area contributed by atoms with E-state index in [1.165, 1.54) is 18.4 Å². The van der Waals surface area contributed by atoms with Gasteiger partial charge in [0, 0.05) is 44.3 Å². The van der Waals surface area contributed by atoms with Crippen molar-refractivity contribution >= 4 is 16.7 Å². The van der Waals surface area contributed by atoms with Gasteiger partial charge in [-0.05, 0) is 62.4 Å². The van der Waals surface area contributed by atoms with Crippen molar-refractivity contribution in [1.29, 1.82) is 5.26 Å². The summed E-state index contributed by atoms with van der Waals surface area (Å²) in [5.41, 5.74) is 3.87. The van der Waals surface area contributed by atoms with Crippen molar-refractivity contribution in [1.82, 2.24) is 14.5 Å². The lowest BCUT2D eigenvalue weighted by atomic mass is 9.97. The molecule has 0 spiro atoms. The summed E-state index contributed by atoms with van der Waals surface area (Å²) in [6.07, 6.45) is 4.90. The summed E-state index contributed by atoms with van der Waals surface area (Å²) in [5.74, 6) is 1.83. The number of anilines is 1. The summed E-state index contributed by atoms with van der Waals surface area (Å²) in [7, 11) is 1.75. The zero-order valence-corrected chi connectivity index (χ0v) is 22.4. The molecule has 2 aliphatic rings. The normalized spacial score (nSPS) is 21.1. The molecule has 2 aromatic heterocycles. The number of nitrogens with zero attached hydrogens (tertiary/aromatic N) is 5. The van der Waals surface area contributed by atoms with E-state index >= 15 is 0 Å². The third-order valence-electron chi connectivity index (χ3n) is 8.07. The van der Waals surface area contributed by atoms with E-state index in [1.54, 1.807) is 23.7 Å². The Morgan fingerprint density at radius 3 is 2.54 bits per heavy atom. The Morgan fingerprint density at radius 1 is 1.11 bits per heavy atom. The number of rotatable bonds is 8. The SMILES string of the molecule is CCC(c1ccc(OCCC2CC2)cc1)N1C[C@H](C)N(c2cc(=O)n(C)c3ccc(C#N)nc23)C[C@H]1C. The van der Waals surface area contributed by atoms with Gasteiger partial charge in [-0.2, -0.15) is 5.26 Å². The van der Waals surface area contributed by atoms with E-state index in [1.807, 2.05) is 6.07 Å². The average Bonchev–Trinajstić information content (AvgIpc) is 3.73. The fourth-order valence-corrected chi connectivity index (χ4v) is 5.71. The first-order chi connectivity index (χ1) is 17.9. The molecule has 0 bridgehead atoms. The van der Waals surface area contributed by atoms with Crippen molar-refractivity contribution < 1.29 is 4.74 Å². The summed E-state index contributed by atoms with van der Waals surface area (Å²) in [4.78, 5) is 22.3. The molecule has 0 N–H and O–H groups in total. The first-order valence-corrected chi connectivity index (χ1v) is 13.6. The zero-order valence-electron chi connectivity index (χ0n) is 22.4. The van der Waals surface area contributed by atoms with Crippen LogP contribution in [0.25, 0.3) is 11.0 Å². The smallest absolute Gasteiger partial charge is 0.252 e. The third-order valence-corrected chi connectivity index (χ3v) is 8.07. The van der Waals surface area contributed by atoms with Crippen molar-refractivity contribution in [3.8, 4) is 11.8 Å². The van der Waals surface area contributed by atoms with E-state index in [4.69, 9.17) is 4.74 Å². The minimum Gasteiger partial charge on any atom is -0.494 e. The Labute approximate surface area is 219 Å². The molecule has 1 unspecified atom stereocenters. The summed E-state index contributed by atoms with van der Waals surface area (Å²) in [6, 6.07) is 16.7. The molecule has 37 heavy (non-hydrogen) atoms. The zero-order chi connectivity index (χ0) is 26.1. The molecule has 2 fully saturated rings. The van der Waals surface area contributed by atoms with Gasteiger partial charge >= 0.3 is 0 Å². The lowest BCUT2D eigenvalue weighted by Gasteiger charge is -2.48. The molecule has 3 heterocycles. The van der Waals surface area contributed by atoms with Gasteiger partial charge in [-0.1, -0.05) is 31.9 Å². The number of hydrogen-bond acceptors (Lipinski definition) is 6. The van der Waals surface area contributed by atoms with Crippen LogP contribution in [-0.4, -0.2) is 46.2 Å². The number of pyridine rings is 2. The van der Waals surface area contributed by atoms with Crippen LogP contribution < -0.4 is 15.2 Å². The monoisotopic (exact) mass is 499 g/mol. The average molecular weight is 500 g/mol. The molecule has 7 nitrogen and oxygen atoms in total. The number of fused-ring (bicyclic) bond motifs is 1. The summed E-state index contributed by atoms with van der Waals surface area (Å²) in [5, 5.41) is 9.42. The van der Waals surface area contributed by atoms with Crippen molar-refractivity contribution in [2.45, 2.75) is 64.6 Å². The van der Waals surface area contributed by atoms with E-state index < -0.39 is 0 Å². The number of benzene rings is 1. The maximum atomic E-state index is 12.8. The van der Waals surface area contributed by atoms with Gasteiger partial charge in [0.15, 0.2) is 0 Å². The molecule has 0 amide bonds. The van der Waals surface area contributed by atoms with Crippen LogP contribution in [0.5, 0.6) is 5.75 Å². The predicted octanol–water partition coefficient (Wildman–Crippen LogP) is 5.03. The molecular formula is C30H37N5O2. The second kappa shape index (κ2) is 10.5. The fraction of sp³-hybridized carbons (Fsp3) is 0.500. The molecule has 1 aromatic carbocycles. The van der Waals surface area contributed by atoms with E-state index in [0.29, 0.717) is 17.3 Å². The minimum atomic E-state index is -0.0674. The second-order valence-electron chi connectivity index (χ2n) is 10.7. The molecule has 3 atom stereocenters. The number of ether oxygens (including phenoxy) is 1. The molecule has 7 heteroatoms. The van der Waals surface area contributed by atoms with Gasteiger partial charge in [-0.15, -0.1) is 0 Å². The largest absolute Gasteiger partial charge is 0.494 e. The Bertz CT molecular complexity index is 1360. The van der Waals surface area contributed by atoms with Crippen LogP contribution in [0.3, 0.4) is 0 Å². The van der Waals surface area contributed by atoms with Crippen LogP contribution in [-0.2, 0) is 7.05 Å². The number of piperazine rings is 1. The van der Waals surface area contributed by atoms with Crippen LogP contribution in [0.2, 0.25) is 0 Å². The Balaban J connectivity index is 1.36. The highest BCUT2D eigenvalue weighted by molar-refractivity contribution is 5.89. The number of hydrogen-bond donors (Lipinski definition) is 0. The highest BCUT2D eigenvalue weighted by Gasteiger charge is 2.34. The molecule has 1 aliphatic heterocycles. The summed E-state index contributed by atoms with van der Waals surface area (Å²) >= 11 is 0. The molecular weight excluding hydrogens is 462 g/mol.